The quantitative estimate of drug-likeness (QED) is 0.136. The second-order valence-electron chi connectivity index (χ2n) is 9.28. The molecule has 0 saturated heterocycles. The summed E-state index contributed by atoms with van der Waals surface area (Å²) in [5.74, 6) is -5.33. The number of amides is 2. The van der Waals surface area contributed by atoms with Gasteiger partial charge in [0.05, 0.1) is 16.7 Å². The van der Waals surface area contributed by atoms with Crippen molar-refractivity contribution in [3.05, 3.63) is 94.5 Å². The number of ketones is 2. The molecule has 1 heterocycles. The molecule has 13 heteroatoms. The second kappa shape index (κ2) is 13.3. The van der Waals surface area contributed by atoms with Crippen molar-refractivity contribution < 1.29 is 57.3 Å². The minimum atomic E-state index is -1.02. The predicted octanol–water partition coefficient (Wildman–Crippen LogP) is 2.60. The summed E-state index contributed by atoms with van der Waals surface area (Å²) in [5.41, 5.74) is 0.0380. The number of carbonyl (C=O) groups is 8. The van der Waals surface area contributed by atoms with E-state index in [4.69, 9.17) is 18.9 Å². The first-order chi connectivity index (χ1) is 20.9. The number of nitrogens with zero attached hydrogens (tertiary/aromatic N) is 1. The normalized spacial score (nSPS) is 11.8. The van der Waals surface area contributed by atoms with Gasteiger partial charge in [-0.25, -0.2) is 4.79 Å². The first-order valence-electron chi connectivity index (χ1n) is 12.9. The molecule has 0 aliphatic carbocycles. The number of hydrogen-bond donors (Lipinski definition) is 0. The maximum atomic E-state index is 12.9. The zero-order chi connectivity index (χ0) is 32.0. The molecule has 13 nitrogen and oxygen atoms in total. The fourth-order valence-electron chi connectivity index (χ4n) is 4.01. The monoisotopic (exact) mass is 601 g/mol. The van der Waals surface area contributed by atoms with E-state index in [2.05, 4.69) is 0 Å². The highest BCUT2D eigenvalue weighted by atomic mass is 16.5. The summed E-state index contributed by atoms with van der Waals surface area (Å²) in [6.45, 7) is 0.387. The van der Waals surface area contributed by atoms with Crippen LogP contribution in [0.3, 0.4) is 0 Å². The van der Waals surface area contributed by atoms with Gasteiger partial charge >= 0.3 is 23.9 Å². The van der Waals surface area contributed by atoms with Crippen molar-refractivity contribution >= 4 is 47.3 Å². The Kier molecular flexibility index (Phi) is 9.38. The van der Waals surface area contributed by atoms with Crippen LogP contribution in [0, 0.1) is 0 Å². The summed E-state index contributed by atoms with van der Waals surface area (Å²) < 4.78 is 19.8. The molecule has 0 saturated carbocycles. The lowest BCUT2D eigenvalue weighted by Gasteiger charge is -2.12. The van der Waals surface area contributed by atoms with Crippen molar-refractivity contribution in [2.24, 2.45) is 0 Å². The van der Waals surface area contributed by atoms with Crippen LogP contribution in [-0.4, -0.2) is 71.9 Å². The Bertz CT molecular complexity index is 1690. The summed E-state index contributed by atoms with van der Waals surface area (Å²) in [4.78, 5) is 97.9. The van der Waals surface area contributed by atoms with E-state index >= 15 is 0 Å². The number of hydrogen-bond acceptors (Lipinski definition) is 12. The van der Waals surface area contributed by atoms with Crippen molar-refractivity contribution in [2.75, 3.05) is 19.8 Å². The van der Waals surface area contributed by atoms with E-state index < -0.39 is 67.0 Å². The smallest absolute Gasteiger partial charge is 0.338 e. The fraction of sp³-hybridized carbons (Fsp3) is 0.161. The number of rotatable bonds is 11. The minimum Gasteiger partial charge on any atom is -0.456 e. The number of imide groups is 1. The second-order valence-corrected chi connectivity index (χ2v) is 9.28. The van der Waals surface area contributed by atoms with Crippen molar-refractivity contribution in [1.82, 2.24) is 4.90 Å². The highest BCUT2D eigenvalue weighted by Gasteiger charge is 2.37. The summed E-state index contributed by atoms with van der Waals surface area (Å²) >= 11 is 0. The number of Topliss-reactive ketones (excluding diaryl/α,β-unsaturated/α-hetero) is 2. The Morgan fingerprint density at radius 2 is 1.05 bits per heavy atom. The van der Waals surface area contributed by atoms with Gasteiger partial charge in [0.15, 0.2) is 24.8 Å². The lowest BCUT2D eigenvalue weighted by molar-refractivity contribution is -0.142. The van der Waals surface area contributed by atoms with E-state index in [0.717, 1.165) is 6.07 Å². The molecule has 1 aliphatic rings. The van der Waals surface area contributed by atoms with Gasteiger partial charge in [0, 0.05) is 25.0 Å². The third-order valence-corrected chi connectivity index (χ3v) is 6.07. The summed E-state index contributed by atoms with van der Waals surface area (Å²) in [5, 5.41) is 0. The average molecular weight is 602 g/mol. The molecule has 224 valence electrons. The Hall–Kier alpha value is -5.98. The van der Waals surface area contributed by atoms with E-state index in [1.807, 2.05) is 0 Å². The van der Waals surface area contributed by atoms with Gasteiger partial charge in [-0.15, -0.1) is 0 Å². The predicted molar refractivity (Wildman–Crippen MR) is 147 cm³/mol. The van der Waals surface area contributed by atoms with E-state index in [-0.39, 0.29) is 39.3 Å². The molecule has 0 unspecified atom stereocenters. The summed E-state index contributed by atoms with van der Waals surface area (Å²) in [6.07, 6.45) is 0. The lowest BCUT2D eigenvalue weighted by atomic mass is 10.1. The van der Waals surface area contributed by atoms with Gasteiger partial charge in [-0.05, 0) is 66.7 Å². The maximum Gasteiger partial charge on any atom is 0.338 e. The Labute approximate surface area is 249 Å². The Morgan fingerprint density at radius 3 is 1.55 bits per heavy atom. The highest BCUT2D eigenvalue weighted by Crippen LogP contribution is 2.24. The van der Waals surface area contributed by atoms with Gasteiger partial charge in [0.25, 0.3) is 11.8 Å². The van der Waals surface area contributed by atoms with E-state index in [1.54, 1.807) is 0 Å². The molecule has 0 fully saturated rings. The molecular formula is C31H23NO12. The number of carbonyl (C=O) groups excluding carboxylic acids is 8. The van der Waals surface area contributed by atoms with Gasteiger partial charge < -0.3 is 18.9 Å². The summed E-state index contributed by atoms with van der Waals surface area (Å²) in [6, 6.07) is 14.7. The molecule has 3 aromatic rings. The van der Waals surface area contributed by atoms with Crippen LogP contribution in [0.15, 0.2) is 66.7 Å². The minimum absolute atomic E-state index is 0.0627. The van der Waals surface area contributed by atoms with Crippen molar-refractivity contribution in [3.8, 4) is 11.5 Å². The highest BCUT2D eigenvalue weighted by molar-refractivity contribution is 6.22. The van der Waals surface area contributed by atoms with Crippen LogP contribution in [0.1, 0.15) is 65.6 Å². The average Bonchev–Trinajstić information content (AvgIpc) is 3.22. The molecule has 0 atom stereocenters. The largest absolute Gasteiger partial charge is 0.456 e. The molecule has 44 heavy (non-hydrogen) atoms. The molecule has 0 bridgehead atoms. The number of esters is 4. The van der Waals surface area contributed by atoms with Crippen LogP contribution in [0.4, 0.5) is 0 Å². The van der Waals surface area contributed by atoms with E-state index in [1.165, 1.54) is 74.5 Å². The molecule has 4 rings (SSSR count). The van der Waals surface area contributed by atoms with Gasteiger partial charge in [-0.1, -0.05) is 0 Å². The van der Waals surface area contributed by atoms with Gasteiger partial charge in [0.2, 0.25) is 0 Å². The van der Waals surface area contributed by atoms with E-state index in [9.17, 15) is 38.4 Å². The Balaban J connectivity index is 1.31. The zero-order valence-corrected chi connectivity index (χ0v) is 23.3. The van der Waals surface area contributed by atoms with Crippen LogP contribution in [0.2, 0.25) is 0 Å². The van der Waals surface area contributed by atoms with Gasteiger partial charge in [0.1, 0.15) is 18.0 Å². The molecular weight excluding hydrogens is 578 g/mol. The molecule has 1 aliphatic heterocycles. The van der Waals surface area contributed by atoms with Crippen molar-refractivity contribution in [2.45, 2.75) is 13.8 Å². The molecule has 2 amide bonds. The Morgan fingerprint density at radius 1 is 0.591 bits per heavy atom. The first kappa shape index (κ1) is 31.0. The zero-order valence-electron chi connectivity index (χ0n) is 23.3. The molecule has 0 spiro atoms. The van der Waals surface area contributed by atoms with Crippen LogP contribution < -0.4 is 9.47 Å². The molecule has 0 N–H and O–H groups in total. The number of fused-ring (bicyclic) bond motifs is 1. The topological polar surface area (TPSA) is 177 Å². The number of ether oxygens (including phenoxy) is 4. The number of benzene rings is 3. The molecule has 3 aromatic carbocycles. The van der Waals surface area contributed by atoms with Crippen LogP contribution in [0.25, 0.3) is 0 Å². The maximum absolute atomic E-state index is 12.9. The fourth-order valence-corrected chi connectivity index (χ4v) is 4.01. The van der Waals surface area contributed by atoms with Crippen LogP contribution in [0.5, 0.6) is 11.5 Å². The van der Waals surface area contributed by atoms with Crippen LogP contribution >= 0.6 is 0 Å². The molecule has 0 aromatic heterocycles. The summed E-state index contributed by atoms with van der Waals surface area (Å²) in [7, 11) is 0. The van der Waals surface area contributed by atoms with Crippen molar-refractivity contribution in [3.63, 3.8) is 0 Å². The van der Waals surface area contributed by atoms with Gasteiger partial charge in [-0.3, -0.25) is 38.5 Å². The standard InChI is InChI=1S/C31H23NO12/c1-17(33)43-22-8-3-19(4-9-22)26(35)15-41-28(37)14-32-29(38)24-12-7-21(13-25(24)30(32)39)31(40)42-16-27(36)20-5-10-23(11-6-20)44-18(2)34/h3-13H,14-16H2,1-2H3. The van der Waals surface area contributed by atoms with E-state index in [0.29, 0.717) is 4.90 Å². The SMILES string of the molecule is CC(=O)Oc1ccc(C(=O)COC(=O)CN2C(=O)c3ccc(C(=O)OCC(=O)c4ccc(OC(C)=O)cc4)cc3C2=O)cc1. The third-order valence-electron chi connectivity index (χ3n) is 6.07. The molecule has 0 radical (unpaired) electrons. The van der Waals surface area contributed by atoms with Crippen molar-refractivity contribution in [1.29, 1.82) is 0 Å². The lowest BCUT2D eigenvalue weighted by Crippen LogP contribution is -2.36. The first-order valence-corrected chi connectivity index (χ1v) is 12.9. The van der Waals surface area contributed by atoms with Crippen LogP contribution in [-0.2, 0) is 23.9 Å². The third kappa shape index (κ3) is 7.45. The van der Waals surface area contributed by atoms with Gasteiger partial charge in [-0.2, -0.15) is 0 Å².